The molecule has 3 amide bonds. The number of anilines is 1. The van der Waals surface area contributed by atoms with E-state index in [9.17, 15) is 27.6 Å². The van der Waals surface area contributed by atoms with Gasteiger partial charge in [-0.1, -0.05) is 97.0 Å². The molecule has 0 unspecified atom stereocenters. The topological polar surface area (TPSA) is 160 Å². The number of hydrogen-bond donors (Lipinski definition) is 3. The molecule has 3 aromatic rings. The molecule has 0 heterocycles. The fourth-order valence-corrected chi connectivity index (χ4v) is 9.34. The molecule has 0 aliphatic carbocycles. The zero-order chi connectivity index (χ0) is 44.8. The Morgan fingerprint density at radius 2 is 1.43 bits per heavy atom. The molecule has 4 atom stereocenters. The maximum Gasteiger partial charge on any atom is 0.338 e. The van der Waals surface area contributed by atoms with Gasteiger partial charge in [0.15, 0.2) is 8.32 Å². The molecule has 12 nitrogen and oxygen atoms in total. The number of carbonyl (C=O) groups is 4. The van der Waals surface area contributed by atoms with Crippen LogP contribution in [0.4, 0.5) is 5.69 Å². The number of carbonyl (C=O) groups excluding carboxylic acids is 4. The molecule has 0 bridgehead atoms. The van der Waals surface area contributed by atoms with Gasteiger partial charge in [0.1, 0.15) is 12.6 Å². The van der Waals surface area contributed by atoms with Gasteiger partial charge in [0.05, 0.1) is 29.1 Å². The summed E-state index contributed by atoms with van der Waals surface area (Å²) in [5.74, 6) is -1.92. The number of hydrogen-bond acceptors (Lipinski definition) is 8. The molecule has 0 saturated carbocycles. The molecule has 3 N–H and O–H groups in total. The van der Waals surface area contributed by atoms with Crippen molar-refractivity contribution in [2.24, 2.45) is 11.8 Å². The van der Waals surface area contributed by atoms with E-state index < -0.39 is 48.4 Å². The van der Waals surface area contributed by atoms with Gasteiger partial charge in [-0.15, -0.1) is 0 Å². The molecule has 14 heteroatoms. The zero-order valence-electron chi connectivity index (χ0n) is 37.5. The van der Waals surface area contributed by atoms with Crippen LogP contribution in [0.25, 0.3) is 0 Å². The number of nitrogens with one attached hydrogen (secondary N) is 3. The molecule has 0 saturated heterocycles. The molecule has 3 rings (SSSR count). The Morgan fingerprint density at radius 1 is 0.783 bits per heavy atom. The average molecular weight is 865 g/mol. The number of esters is 1. The van der Waals surface area contributed by atoms with Gasteiger partial charge in [0.2, 0.25) is 21.8 Å². The number of amides is 3. The second kappa shape index (κ2) is 22.3. The highest BCUT2D eigenvalue weighted by molar-refractivity contribution is 7.92. The zero-order valence-corrected chi connectivity index (χ0v) is 39.3. The third kappa shape index (κ3) is 14.9. The first-order chi connectivity index (χ1) is 28.1. The standard InChI is InChI=1S/C46H68N4O8SSi/c1-12-26-59(55,56)50(13-2)39-21-17-20-38(29-39)44(53)49-40(27-32(3)4)41(58-60(10,11)46(7,8)9)28-33(5)42(51)48-34(6)43(52)47-30-35-22-24-37(25-23-35)45(54)57-31-36-18-15-14-16-19-36/h14-25,29,32-34,40-41H,12-13,26-28,30-31H2,1-11H3,(H,47,52)(H,48,51)(H,49,53)/t33-,34+,40+,41+/m1/s1. The SMILES string of the molecule is CCCS(=O)(=O)N(CC)c1cccc(C(=O)N[C@@H](CC(C)C)[C@H](C[C@@H](C)C(=O)N[C@@H](C)C(=O)NCc2ccc(C(=O)OCc3ccccc3)cc2)O[Si](C)(C)C(C)(C)C)c1. The Labute approximate surface area is 359 Å². The lowest BCUT2D eigenvalue weighted by atomic mass is 9.92. The molecule has 0 aliphatic heterocycles. The maximum absolute atomic E-state index is 14.0. The Kier molecular flexibility index (Phi) is 18.6. The van der Waals surface area contributed by atoms with Crippen LogP contribution in [0.2, 0.25) is 18.1 Å². The quantitative estimate of drug-likeness (QED) is 0.0677. The summed E-state index contributed by atoms with van der Waals surface area (Å²) in [6, 6.07) is 21.5. The highest BCUT2D eigenvalue weighted by Gasteiger charge is 2.42. The van der Waals surface area contributed by atoms with E-state index in [0.29, 0.717) is 29.7 Å². The number of sulfonamides is 1. The van der Waals surface area contributed by atoms with Crippen molar-refractivity contribution in [2.75, 3.05) is 16.6 Å². The van der Waals surface area contributed by atoms with Crippen LogP contribution in [0.1, 0.15) is 113 Å². The second-order valence-corrected chi connectivity index (χ2v) is 24.3. The third-order valence-corrected chi connectivity index (χ3v) is 17.4. The van der Waals surface area contributed by atoms with Gasteiger partial charge in [-0.25, -0.2) is 13.2 Å². The van der Waals surface area contributed by atoms with Crippen molar-refractivity contribution in [3.63, 3.8) is 0 Å². The molecule has 330 valence electrons. The summed E-state index contributed by atoms with van der Waals surface area (Å²) in [5, 5.41) is 8.77. The molecule has 3 aromatic carbocycles. The second-order valence-electron chi connectivity index (χ2n) is 17.5. The van der Waals surface area contributed by atoms with Crippen LogP contribution in [0.5, 0.6) is 0 Å². The summed E-state index contributed by atoms with van der Waals surface area (Å²) in [6.45, 7) is 22.4. The molecule has 0 aliphatic rings. The first-order valence-electron chi connectivity index (χ1n) is 21.1. The van der Waals surface area contributed by atoms with E-state index in [1.165, 1.54) is 4.31 Å². The Hall–Kier alpha value is -4.53. The molecule has 0 fully saturated rings. The third-order valence-electron chi connectivity index (χ3n) is 10.9. The summed E-state index contributed by atoms with van der Waals surface area (Å²) in [5.41, 5.74) is 2.80. The van der Waals surface area contributed by atoms with E-state index in [4.69, 9.17) is 9.16 Å². The van der Waals surface area contributed by atoms with Crippen LogP contribution in [-0.4, -0.2) is 70.9 Å². The van der Waals surface area contributed by atoms with Crippen molar-refractivity contribution in [1.29, 1.82) is 0 Å². The predicted octanol–water partition coefficient (Wildman–Crippen LogP) is 7.99. The van der Waals surface area contributed by atoms with E-state index in [-0.39, 0.29) is 60.5 Å². The van der Waals surface area contributed by atoms with E-state index in [1.54, 1.807) is 69.3 Å². The minimum Gasteiger partial charge on any atom is -0.457 e. The Morgan fingerprint density at radius 3 is 2.02 bits per heavy atom. The minimum absolute atomic E-state index is 0.000825. The van der Waals surface area contributed by atoms with Crippen LogP contribution in [0, 0.1) is 11.8 Å². The van der Waals surface area contributed by atoms with E-state index in [0.717, 1.165) is 11.1 Å². The first kappa shape index (κ1) is 49.8. The summed E-state index contributed by atoms with van der Waals surface area (Å²) in [4.78, 5) is 53.4. The fraction of sp³-hybridized carbons (Fsp3) is 0.522. The van der Waals surface area contributed by atoms with Crippen LogP contribution >= 0.6 is 0 Å². The monoisotopic (exact) mass is 864 g/mol. The number of ether oxygens (including phenoxy) is 1. The highest BCUT2D eigenvalue weighted by Crippen LogP contribution is 2.39. The lowest BCUT2D eigenvalue weighted by molar-refractivity contribution is -0.131. The normalized spacial score (nSPS) is 14.1. The summed E-state index contributed by atoms with van der Waals surface area (Å²) >= 11 is 0. The van der Waals surface area contributed by atoms with Crippen LogP contribution < -0.4 is 20.3 Å². The predicted molar refractivity (Wildman–Crippen MR) is 242 cm³/mol. The fourth-order valence-electron chi connectivity index (χ4n) is 6.41. The lowest BCUT2D eigenvalue weighted by Gasteiger charge is -2.42. The molecular weight excluding hydrogens is 797 g/mol. The molecular formula is C46H68N4O8SSi. The van der Waals surface area contributed by atoms with E-state index in [2.05, 4.69) is 63.7 Å². The highest BCUT2D eigenvalue weighted by atomic mass is 32.2. The average Bonchev–Trinajstić information content (AvgIpc) is 3.18. The summed E-state index contributed by atoms with van der Waals surface area (Å²) in [6.07, 6.45) is 0.783. The van der Waals surface area contributed by atoms with Crippen molar-refractivity contribution in [2.45, 2.75) is 131 Å². The van der Waals surface area contributed by atoms with Crippen molar-refractivity contribution in [1.82, 2.24) is 16.0 Å². The van der Waals surface area contributed by atoms with Crippen molar-refractivity contribution in [3.05, 3.63) is 101 Å². The van der Waals surface area contributed by atoms with Gasteiger partial charge in [0.25, 0.3) is 5.91 Å². The molecule has 0 radical (unpaired) electrons. The van der Waals surface area contributed by atoms with Crippen LogP contribution in [0.3, 0.4) is 0 Å². The van der Waals surface area contributed by atoms with Crippen molar-refractivity contribution in [3.8, 4) is 0 Å². The van der Waals surface area contributed by atoms with E-state index in [1.807, 2.05) is 37.3 Å². The van der Waals surface area contributed by atoms with Gasteiger partial charge in [-0.2, -0.15) is 0 Å². The largest absolute Gasteiger partial charge is 0.457 e. The smallest absolute Gasteiger partial charge is 0.338 e. The Balaban J connectivity index is 1.72. The van der Waals surface area contributed by atoms with Gasteiger partial charge < -0.3 is 25.1 Å². The Bertz CT molecular complexity index is 1980. The molecule has 0 spiro atoms. The van der Waals surface area contributed by atoms with Gasteiger partial charge >= 0.3 is 5.97 Å². The molecule has 60 heavy (non-hydrogen) atoms. The summed E-state index contributed by atoms with van der Waals surface area (Å²) < 4.78 is 39.8. The number of benzene rings is 3. The molecule has 0 aromatic heterocycles. The van der Waals surface area contributed by atoms with Gasteiger partial charge in [-0.05, 0) is 98.6 Å². The van der Waals surface area contributed by atoms with Gasteiger partial charge in [-0.3, -0.25) is 18.7 Å². The van der Waals surface area contributed by atoms with Crippen LogP contribution in [-0.2, 0) is 41.9 Å². The summed E-state index contributed by atoms with van der Waals surface area (Å²) in [7, 11) is -6.00. The maximum atomic E-state index is 14.0. The van der Waals surface area contributed by atoms with Crippen molar-refractivity contribution >= 4 is 47.7 Å². The number of rotatable bonds is 22. The van der Waals surface area contributed by atoms with Crippen LogP contribution in [0.15, 0.2) is 78.9 Å². The minimum atomic E-state index is -3.56. The van der Waals surface area contributed by atoms with E-state index >= 15 is 0 Å². The van der Waals surface area contributed by atoms with Crippen molar-refractivity contribution < 1.29 is 36.8 Å². The number of nitrogens with zero attached hydrogens (tertiary/aromatic N) is 1. The van der Waals surface area contributed by atoms with Gasteiger partial charge in [0, 0.05) is 24.6 Å². The lowest BCUT2D eigenvalue weighted by Crippen LogP contribution is -2.53. The first-order valence-corrected chi connectivity index (χ1v) is 25.6.